The molecule has 3 nitrogen and oxygen atoms in total. The number of rotatable bonds is 3. The van der Waals surface area contributed by atoms with E-state index in [4.69, 9.17) is 16.3 Å². The van der Waals surface area contributed by atoms with Gasteiger partial charge in [-0.2, -0.15) is 0 Å². The molecule has 0 aromatic heterocycles. The van der Waals surface area contributed by atoms with Crippen molar-refractivity contribution in [2.75, 3.05) is 6.61 Å². The highest BCUT2D eigenvalue weighted by Gasteiger charge is 2.43. The van der Waals surface area contributed by atoms with Crippen LogP contribution in [0.4, 0.5) is 0 Å². The standard InChI is InChI=1S/C17H15ClO3S/c1-17(13-6-3-2-4-7-13)16(10-11-21-17)22(19,20)15-9-5-8-14(18)12-15/h2-10,12H,11H2,1H3. The van der Waals surface area contributed by atoms with Gasteiger partial charge in [0.2, 0.25) is 9.84 Å². The fourth-order valence-electron chi connectivity index (χ4n) is 2.66. The van der Waals surface area contributed by atoms with Gasteiger partial charge < -0.3 is 4.74 Å². The first-order chi connectivity index (χ1) is 10.4. The lowest BCUT2D eigenvalue weighted by Crippen LogP contribution is -2.28. The van der Waals surface area contributed by atoms with Crippen LogP contribution in [-0.4, -0.2) is 15.0 Å². The van der Waals surface area contributed by atoms with Gasteiger partial charge in [-0.25, -0.2) is 8.42 Å². The molecular formula is C17H15ClO3S. The van der Waals surface area contributed by atoms with Crippen molar-refractivity contribution in [1.29, 1.82) is 0 Å². The third kappa shape index (κ3) is 2.47. The lowest BCUT2D eigenvalue weighted by atomic mass is 9.96. The number of benzene rings is 2. The van der Waals surface area contributed by atoms with Crippen molar-refractivity contribution in [1.82, 2.24) is 0 Å². The molecule has 22 heavy (non-hydrogen) atoms. The summed E-state index contributed by atoms with van der Waals surface area (Å²) in [5.74, 6) is 0. The average Bonchev–Trinajstić information content (AvgIpc) is 2.92. The zero-order valence-corrected chi connectivity index (χ0v) is 13.6. The van der Waals surface area contributed by atoms with Gasteiger partial charge in [-0.3, -0.25) is 0 Å². The molecule has 114 valence electrons. The van der Waals surface area contributed by atoms with Crippen LogP contribution in [0.15, 0.2) is 70.5 Å². The van der Waals surface area contributed by atoms with Crippen LogP contribution in [0, 0.1) is 0 Å². The molecule has 0 saturated carbocycles. The molecule has 0 radical (unpaired) electrons. The summed E-state index contributed by atoms with van der Waals surface area (Å²) in [6, 6.07) is 15.6. The summed E-state index contributed by atoms with van der Waals surface area (Å²) in [7, 11) is -3.67. The van der Waals surface area contributed by atoms with Crippen LogP contribution >= 0.6 is 11.6 Å². The Morgan fingerprint density at radius 3 is 2.50 bits per heavy atom. The van der Waals surface area contributed by atoms with Crippen LogP contribution in [-0.2, 0) is 20.2 Å². The molecule has 0 fully saturated rings. The van der Waals surface area contributed by atoms with E-state index in [1.807, 2.05) is 30.3 Å². The Morgan fingerprint density at radius 1 is 1.09 bits per heavy atom. The van der Waals surface area contributed by atoms with Crippen LogP contribution in [0.25, 0.3) is 0 Å². The summed E-state index contributed by atoms with van der Waals surface area (Å²) in [5, 5.41) is 0.391. The van der Waals surface area contributed by atoms with Crippen molar-refractivity contribution >= 4 is 21.4 Å². The van der Waals surface area contributed by atoms with Gasteiger partial charge in [0.15, 0.2) is 0 Å². The van der Waals surface area contributed by atoms with Crippen molar-refractivity contribution < 1.29 is 13.2 Å². The van der Waals surface area contributed by atoms with Gasteiger partial charge in [-0.05, 0) is 36.8 Å². The molecule has 2 aromatic carbocycles. The van der Waals surface area contributed by atoms with E-state index < -0.39 is 15.4 Å². The van der Waals surface area contributed by atoms with Crippen LogP contribution in [0.2, 0.25) is 5.02 Å². The van der Waals surface area contributed by atoms with E-state index in [0.29, 0.717) is 5.02 Å². The molecule has 1 unspecified atom stereocenters. The highest BCUT2D eigenvalue weighted by atomic mass is 35.5. The van der Waals surface area contributed by atoms with Gasteiger partial charge in [-0.1, -0.05) is 48.0 Å². The summed E-state index contributed by atoms with van der Waals surface area (Å²) in [4.78, 5) is 0.437. The molecule has 0 bridgehead atoms. The van der Waals surface area contributed by atoms with E-state index in [-0.39, 0.29) is 16.4 Å². The van der Waals surface area contributed by atoms with Crippen molar-refractivity contribution in [3.8, 4) is 0 Å². The molecule has 1 heterocycles. The Kier molecular flexibility index (Phi) is 3.85. The minimum Gasteiger partial charge on any atom is -0.361 e. The predicted molar refractivity (Wildman–Crippen MR) is 86.5 cm³/mol. The maximum atomic E-state index is 13.0. The lowest BCUT2D eigenvalue weighted by molar-refractivity contribution is 0.0358. The molecule has 0 amide bonds. The van der Waals surface area contributed by atoms with E-state index in [0.717, 1.165) is 5.56 Å². The van der Waals surface area contributed by atoms with Gasteiger partial charge in [0.05, 0.1) is 16.4 Å². The number of hydrogen-bond donors (Lipinski definition) is 0. The Bertz CT molecular complexity index is 828. The number of hydrogen-bond acceptors (Lipinski definition) is 3. The van der Waals surface area contributed by atoms with E-state index in [9.17, 15) is 8.42 Å². The highest BCUT2D eigenvalue weighted by molar-refractivity contribution is 7.95. The van der Waals surface area contributed by atoms with Crippen LogP contribution in [0.1, 0.15) is 12.5 Å². The zero-order chi connectivity index (χ0) is 15.8. The third-order valence-electron chi connectivity index (χ3n) is 3.83. The molecule has 0 spiro atoms. The fourth-order valence-corrected chi connectivity index (χ4v) is 4.68. The summed E-state index contributed by atoms with van der Waals surface area (Å²) in [6.45, 7) is 2.05. The second kappa shape index (κ2) is 5.54. The summed E-state index contributed by atoms with van der Waals surface area (Å²) in [5.41, 5.74) is -0.174. The SMILES string of the molecule is CC1(c2ccccc2)OCC=C1S(=O)(=O)c1cccc(Cl)c1. The monoisotopic (exact) mass is 334 g/mol. The number of ether oxygens (including phenoxy) is 1. The summed E-state index contributed by atoms with van der Waals surface area (Å²) in [6.07, 6.45) is 1.63. The minimum absolute atomic E-state index is 0.180. The van der Waals surface area contributed by atoms with Gasteiger partial charge in [0.25, 0.3) is 0 Å². The highest BCUT2D eigenvalue weighted by Crippen LogP contribution is 2.42. The summed E-state index contributed by atoms with van der Waals surface area (Å²) >= 11 is 5.93. The summed E-state index contributed by atoms with van der Waals surface area (Å²) < 4.78 is 31.7. The molecule has 0 N–H and O–H groups in total. The molecule has 3 rings (SSSR count). The molecule has 5 heteroatoms. The van der Waals surface area contributed by atoms with Crippen molar-refractivity contribution in [2.24, 2.45) is 0 Å². The van der Waals surface area contributed by atoms with Gasteiger partial charge in [0, 0.05) is 5.02 Å². The first kappa shape index (κ1) is 15.3. The predicted octanol–water partition coefficient (Wildman–Crippen LogP) is 3.94. The third-order valence-corrected chi connectivity index (χ3v) is 6.08. The fraction of sp³-hybridized carbons (Fsp3) is 0.176. The second-order valence-corrected chi connectivity index (χ2v) is 7.59. The molecule has 0 aliphatic carbocycles. The van der Waals surface area contributed by atoms with Gasteiger partial charge >= 0.3 is 0 Å². The molecule has 1 aliphatic heterocycles. The van der Waals surface area contributed by atoms with Gasteiger partial charge in [0.1, 0.15) is 5.60 Å². The average molecular weight is 335 g/mol. The number of sulfone groups is 1. The minimum atomic E-state index is -3.67. The normalized spacial score (nSPS) is 21.6. The molecule has 1 aliphatic rings. The largest absolute Gasteiger partial charge is 0.361 e. The topological polar surface area (TPSA) is 43.4 Å². The van der Waals surface area contributed by atoms with E-state index >= 15 is 0 Å². The Morgan fingerprint density at radius 2 is 1.82 bits per heavy atom. The van der Waals surface area contributed by atoms with Gasteiger partial charge in [-0.15, -0.1) is 0 Å². The van der Waals surface area contributed by atoms with Crippen molar-refractivity contribution in [2.45, 2.75) is 17.4 Å². The molecule has 2 aromatic rings. The molecule has 0 saturated heterocycles. The quantitative estimate of drug-likeness (QED) is 0.853. The smallest absolute Gasteiger partial charge is 0.205 e. The molecule has 1 atom stereocenters. The maximum absolute atomic E-state index is 13.0. The van der Waals surface area contributed by atoms with Crippen molar-refractivity contribution in [3.63, 3.8) is 0 Å². The van der Waals surface area contributed by atoms with Crippen LogP contribution in [0.5, 0.6) is 0 Å². The Balaban J connectivity index is 2.11. The van der Waals surface area contributed by atoms with E-state index in [1.165, 1.54) is 6.07 Å². The Labute approximate surface area is 135 Å². The Hall–Kier alpha value is -1.62. The first-order valence-corrected chi connectivity index (χ1v) is 8.71. The lowest BCUT2D eigenvalue weighted by Gasteiger charge is -2.27. The first-order valence-electron chi connectivity index (χ1n) is 6.85. The molecular weight excluding hydrogens is 320 g/mol. The maximum Gasteiger partial charge on any atom is 0.205 e. The van der Waals surface area contributed by atoms with E-state index in [2.05, 4.69) is 0 Å². The second-order valence-electron chi connectivity index (χ2n) is 5.24. The van der Waals surface area contributed by atoms with Crippen molar-refractivity contribution in [3.05, 3.63) is 76.2 Å². The van der Waals surface area contributed by atoms with Crippen LogP contribution in [0.3, 0.4) is 0 Å². The van der Waals surface area contributed by atoms with Crippen LogP contribution < -0.4 is 0 Å². The zero-order valence-electron chi connectivity index (χ0n) is 12.0. The van der Waals surface area contributed by atoms with E-state index in [1.54, 1.807) is 31.2 Å². The number of halogens is 1.